The number of anilines is 3. The Morgan fingerprint density at radius 2 is 1.48 bits per heavy atom. The van der Waals surface area contributed by atoms with Crippen molar-refractivity contribution < 1.29 is 9.59 Å². The van der Waals surface area contributed by atoms with Crippen LogP contribution in [-0.4, -0.2) is 31.4 Å². The summed E-state index contributed by atoms with van der Waals surface area (Å²) in [6, 6.07) is 15.4. The van der Waals surface area contributed by atoms with E-state index in [9.17, 15) is 9.59 Å². The Hall–Kier alpha value is -2.82. The second-order valence-electron chi connectivity index (χ2n) is 7.92. The normalized spacial score (nSPS) is 17.7. The lowest BCUT2D eigenvalue weighted by Crippen LogP contribution is -2.35. The number of nitrogens with zero attached hydrogens (tertiary/aromatic N) is 2. The summed E-state index contributed by atoms with van der Waals surface area (Å²) in [5.74, 6) is 0.0450. The van der Waals surface area contributed by atoms with Crippen LogP contribution in [0.3, 0.4) is 0 Å². The van der Waals surface area contributed by atoms with Crippen LogP contribution in [0.2, 0.25) is 0 Å². The van der Waals surface area contributed by atoms with Gasteiger partial charge in [-0.1, -0.05) is 25.0 Å². The number of nitrogens with one attached hydrogen (secondary N) is 1. The molecule has 0 spiro atoms. The number of piperidine rings is 1. The van der Waals surface area contributed by atoms with Crippen molar-refractivity contribution in [2.45, 2.75) is 44.9 Å². The number of rotatable bonds is 4. The van der Waals surface area contributed by atoms with Crippen molar-refractivity contribution in [1.29, 1.82) is 0 Å². The molecule has 29 heavy (non-hydrogen) atoms. The number of benzene rings is 2. The summed E-state index contributed by atoms with van der Waals surface area (Å²) in [6.45, 7) is 2.82. The Kier molecular flexibility index (Phi) is 6.13. The first-order chi connectivity index (χ1) is 14.2. The molecule has 4 rings (SSSR count). The van der Waals surface area contributed by atoms with Crippen molar-refractivity contribution in [2.24, 2.45) is 0 Å². The minimum Gasteiger partial charge on any atom is -0.370 e. The molecule has 2 aliphatic rings. The van der Waals surface area contributed by atoms with E-state index in [-0.39, 0.29) is 11.8 Å². The zero-order valence-corrected chi connectivity index (χ0v) is 16.9. The van der Waals surface area contributed by atoms with E-state index in [1.165, 1.54) is 25.7 Å². The summed E-state index contributed by atoms with van der Waals surface area (Å²) in [7, 11) is 0. The highest BCUT2D eigenvalue weighted by molar-refractivity contribution is 6.06. The van der Waals surface area contributed by atoms with E-state index in [1.54, 1.807) is 12.1 Å². The fourth-order valence-corrected chi connectivity index (χ4v) is 4.23. The smallest absolute Gasteiger partial charge is 0.255 e. The molecule has 5 nitrogen and oxygen atoms in total. The SMILES string of the molecule is O=C(Nc1ccccc1N1CCCCCC1)c1ccc(N2CCCCC2=O)cc1. The molecular weight excluding hydrogens is 362 g/mol. The summed E-state index contributed by atoms with van der Waals surface area (Å²) in [5.41, 5.74) is 3.42. The quantitative estimate of drug-likeness (QED) is 0.812. The van der Waals surface area contributed by atoms with Crippen LogP contribution in [0, 0.1) is 0 Å². The number of hydrogen-bond acceptors (Lipinski definition) is 3. The third kappa shape index (κ3) is 4.61. The average Bonchev–Trinajstić information content (AvgIpc) is 3.04. The first-order valence-corrected chi connectivity index (χ1v) is 10.8. The second-order valence-corrected chi connectivity index (χ2v) is 7.92. The van der Waals surface area contributed by atoms with Crippen LogP contribution in [0.15, 0.2) is 48.5 Å². The van der Waals surface area contributed by atoms with Crippen LogP contribution >= 0.6 is 0 Å². The minimum atomic E-state index is -0.121. The maximum Gasteiger partial charge on any atom is 0.255 e. The molecule has 0 bridgehead atoms. The fraction of sp³-hybridized carbons (Fsp3) is 0.417. The Balaban J connectivity index is 1.47. The number of amides is 2. The minimum absolute atomic E-state index is 0.121. The van der Waals surface area contributed by atoms with E-state index in [1.807, 2.05) is 35.2 Å². The van der Waals surface area contributed by atoms with Crippen LogP contribution in [0.25, 0.3) is 0 Å². The highest BCUT2D eigenvalue weighted by atomic mass is 16.2. The predicted octanol–water partition coefficient (Wildman–Crippen LogP) is 4.84. The van der Waals surface area contributed by atoms with Crippen molar-refractivity contribution in [3.63, 3.8) is 0 Å². The molecule has 5 heteroatoms. The molecule has 2 aliphatic heterocycles. The lowest BCUT2D eigenvalue weighted by Gasteiger charge is -2.27. The molecule has 2 fully saturated rings. The maximum absolute atomic E-state index is 12.9. The molecule has 0 atom stereocenters. The van der Waals surface area contributed by atoms with Gasteiger partial charge in [-0.05, 0) is 62.1 Å². The zero-order valence-electron chi connectivity index (χ0n) is 16.9. The molecule has 2 aromatic carbocycles. The van der Waals surface area contributed by atoms with Crippen molar-refractivity contribution >= 4 is 28.9 Å². The van der Waals surface area contributed by atoms with Crippen LogP contribution in [0.4, 0.5) is 17.1 Å². The molecule has 0 saturated carbocycles. The third-order valence-electron chi connectivity index (χ3n) is 5.86. The Morgan fingerprint density at radius 1 is 0.793 bits per heavy atom. The van der Waals surface area contributed by atoms with Gasteiger partial charge in [-0.25, -0.2) is 0 Å². The average molecular weight is 392 g/mol. The molecule has 2 saturated heterocycles. The van der Waals surface area contributed by atoms with Gasteiger partial charge in [0.1, 0.15) is 0 Å². The first kappa shape index (κ1) is 19.5. The largest absolute Gasteiger partial charge is 0.370 e. The molecule has 0 radical (unpaired) electrons. The van der Waals surface area contributed by atoms with Gasteiger partial charge in [0.2, 0.25) is 5.91 Å². The second kappa shape index (κ2) is 9.12. The van der Waals surface area contributed by atoms with Gasteiger partial charge in [0.05, 0.1) is 11.4 Å². The Morgan fingerprint density at radius 3 is 2.21 bits per heavy atom. The molecule has 2 amide bonds. The summed E-state index contributed by atoms with van der Waals surface area (Å²) in [5, 5.41) is 3.09. The number of para-hydroxylation sites is 2. The highest BCUT2D eigenvalue weighted by Crippen LogP contribution is 2.29. The van der Waals surface area contributed by atoms with Gasteiger partial charge in [0, 0.05) is 37.3 Å². The van der Waals surface area contributed by atoms with Crippen LogP contribution in [0.1, 0.15) is 55.3 Å². The summed E-state index contributed by atoms with van der Waals surface area (Å²) in [4.78, 5) is 29.2. The molecule has 0 aromatic heterocycles. The fourth-order valence-electron chi connectivity index (χ4n) is 4.23. The summed E-state index contributed by atoms with van der Waals surface area (Å²) in [6.07, 6.45) is 7.54. The number of hydrogen-bond donors (Lipinski definition) is 1. The van der Waals surface area contributed by atoms with Crippen LogP contribution in [-0.2, 0) is 4.79 Å². The maximum atomic E-state index is 12.9. The van der Waals surface area contributed by atoms with Crippen LogP contribution in [0.5, 0.6) is 0 Å². The Bertz CT molecular complexity index is 855. The van der Waals surface area contributed by atoms with Gasteiger partial charge in [-0.15, -0.1) is 0 Å². The van der Waals surface area contributed by atoms with Crippen molar-refractivity contribution in [1.82, 2.24) is 0 Å². The van der Waals surface area contributed by atoms with Gasteiger partial charge < -0.3 is 15.1 Å². The topological polar surface area (TPSA) is 52.7 Å². The van der Waals surface area contributed by atoms with Gasteiger partial charge >= 0.3 is 0 Å². The van der Waals surface area contributed by atoms with Crippen molar-refractivity contribution in [2.75, 3.05) is 34.8 Å². The molecule has 0 aliphatic carbocycles. The van der Waals surface area contributed by atoms with Crippen molar-refractivity contribution in [3.05, 3.63) is 54.1 Å². The highest BCUT2D eigenvalue weighted by Gasteiger charge is 2.20. The summed E-state index contributed by atoms with van der Waals surface area (Å²) >= 11 is 0. The van der Waals surface area contributed by atoms with Crippen molar-refractivity contribution in [3.8, 4) is 0 Å². The van der Waals surface area contributed by atoms with Crippen LogP contribution < -0.4 is 15.1 Å². The van der Waals surface area contributed by atoms with E-state index in [0.29, 0.717) is 12.0 Å². The van der Waals surface area contributed by atoms with Gasteiger partial charge in [-0.2, -0.15) is 0 Å². The molecular formula is C24H29N3O2. The number of carbonyl (C=O) groups is 2. The van der Waals surface area contributed by atoms with Gasteiger partial charge in [0.25, 0.3) is 5.91 Å². The van der Waals surface area contributed by atoms with E-state index in [2.05, 4.69) is 16.3 Å². The molecule has 2 aromatic rings. The first-order valence-electron chi connectivity index (χ1n) is 10.8. The molecule has 152 valence electrons. The van der Waals surface area contributed by atoms with E-state index < -0.39 is 0 Å². The Labute approximate surface area is 172 Å². The number of carbonyl (C=O) groups excluding carboxylic acids is 2. The lowest BCUT2D eigenvalue weighted by atomic mass is 10.1. The molecule has 2 heterocycles. The predicted molar refractivity (Wildman–Crippen MR) is 118 cm³/mol. The van der Waals surface area contributed by atoms with E-state index in [4.69, 9.17) is 0 Å². The monoisotopic (exact) mass is 391 g/mol. The van der Waals surface area contributed by atoms with Gasteiger partial charge in [-0.3, -0.25) is 9.59 Å². The van der Waals surface area contributed by atoms with E-state index >= 15 is 0 Å². The van der Waals surface area contributed by atoms with Gasteiger partial charge in [0.15, 0.2) is 0 Å². The van der Waals surface area contributed by atoms with E-state index in [0.717, 1.165) is 49.5 Å². The molecule has 1 N–H and O–H groups in total. The molecule has 0 unspecified atom stereocenters. The summed E-state index contributed by atoms with van der Waals surface area (Å²) < 4.78 is 0. The lowest BCUT2D eigenvalue weighted by molar-refractivity contribution is -0.119. The third-order valence-corrected chi connectivity index (χ3v) is 5.86. The zero-order chi connectivity index (χ0) is 20.1. The standard InChI is InChI=1S/C24H29N3O2/c28-23-11-5-8-18-27(23)20-14-12-19(13-15-20)24(29)25-21-9-3-4-10-22(21)26-16-6-1-2-7-17-26/h3-4,9-10,12-15H,1-2,5-8,11,16-18H2,(H,25,29).